The number of aliphatic carboxylic acids is 1. The van der Waals surface area contributed by atoms with Gasteiger partial charge in [0.05, 0.1) is 5.41 Å². The minimum Gasteiger partial charge on any atom is -0.480 e. The molecular weight excluding hydrogens is 296 g/mol. The van der Waals surface area contributed by atoms with Gasteiger partial charge >= 0.3 is 5.97 Å². The third-order valence-electron chi connectivity index (χ3n) is 4.27. The number of carboxylic acid groups (broad SMARTS) is 1. The molecule has 1 aromatic rings. The van der Waals surface area contributed by atoms with Gasteiger partial charge in [-0.1, -0.05) is 18.2 Å². The summed E-state index contributed by atoms with van der Waals surface area (Å²) < 4.78 is 0. The number of rotatable bonds is 4. The van der Waals surface area contributed by atoms with E-state index in [0.29, 0.717) is 31.5 Å². The van der Waals surface area contributed by atoms with Crippen molar-refractivity contribution in [1.82, 2.24) is 10.2 Å². The Kier molecular flexibility index (Phi) is 5.03. The maximum atomic E-state index is 12.5. The topological polar surface area (TPSA) is 86.7 Å². The smallest absolute Gasteiger partial charge is 0.325 e. The van der Waals surface area contributed by atoms with Crippen molar-refractivity contribution in [2.45, 2.75) is 32.7 Å². The van der Waals surface area contributed by atoms with Crippen molar-refractivity contribution in [3.05, 3.63) is 35.9 Å². The van der Waals surface area contributed by atoms with Gasteiger partial charge in [0, 0.05) is 18.7 Å². The molecule has 2 N–H and O–H groups in total. The van der Waals surface area contributed by atoms with Crippen LogP contribution >= 0.6 is 0 Å². The van der Waals surface area contributed by atoms with Crippen LogP contribution in [0.3, 0.4) is 0 Å². The van der Waals surface area contributed by atoms with Gasteiger partial charge in [-0.15, -0.1) is 0 Å². The molecule has 2 rings (SSSR count). The minimum absolute atomic E-state index is 0.101. The summed E-state index contributed by atoms with van der Waals surface area (Å²) in [5.74, 6) is -1.50. The normalized spacial score (nSPS) is 22.3. The first-order valence-electron chi connectivity index (χ1n) is 7.71. The molecule has 1 fully saturated rings. The number of carbonyl (C=O) groups excluding carboxylic acids is 2. The van der Waals surface area contributed by atoms with Gasteiger partial charge in [0.25, 0.3) is 5.91 Å². The molecule has 0 spiro atoms. The Morgan fingerprint density at radius 2 is 1.91 bits per heavy atom. The van der Waals surface area contributed by atoms with Crippen LogP contribution in [0.4, 0.5) is 0 Å². The molecule has 1 heterocycles. The standard InChI is InChI=1S/C17H22N2O4/c1-12(15(21)22)18-16(23)17(2)9-6-10-19(11-17)14(20)13-7-4-3-5-8-13/h3-5,7-8,12H,6,9-11H2,1-2H3,(H,18,23)(H,21,22)/t12-,17?/m0/s1. The number of amides is 2. The van der Waals surface area contributed by atoms with E-state index in [0.717, 1.165) is 0 Å². The molecule has 0 aliphatic carbocycles. The molecule has 124 valence electrons. The minimum atomic E-state index is -1.07. The third-order valence-corrected chi connectivity index (χ3v) is 4.27. The molecule has 2 amide bonds. The highest BCUT2D eigenvalue weighted by Crippen LogP contribution is 2.30. The third kappa shape index (κ3) is 3.88. The number of piperidine rings is 1. The fourth-order valence-corrected chi connectivity index (χ4v) is 2.79. The second-order valence-corrected chi connectivity index (χ2v) is 6.29. The van der Waals surface area contributed by atoms with Gasteiger partial charge in [0.1, 0.15) is 6.04 Å². The lowest BCUT2D eigenvalue weighted by atomic mass is 9.80. The number of benzene rings is 1. The summed E-state index contributed by atoms with van der Waals surface area (Å²) in [5.41, 5.74) is -0.178. The van der Waals surface area contributed by atoms with E-state index >= 15 is 0 Å². The van der Waals surface area contributed by atoms with Crippen LogP contribution in [0.25, 0.3) is 0 Å². The summed E-state index contributed by atoms with van der Waals surface area (Å²) in [6, 6.07) is 8.01. The molecule has 2 atom stereocenters. The fourth-order valence-electron chi connectivity index (χ4n) is 2.79. The molecule has 0 saturated carbocycles. The highest BCUT2D eigenvalue weighted by molar-refractivity contribution is 5.95. The van der Waals surface area contributed by atoms with Crippen molar-refractivity contribution in [3.63, 3.8) is 0 Å². The number of carbonyl (C=O) groups is 3. The van der Waals surface area contributed by atoms with E-state index in [1.165, 1.54) is 6.92 Å². The zero-order valence-corrected chi connectivity index (χ0v) is 13.4. The molecule has 1 unspecified atom stereocenters. The summed E-state index contributed by atoms with van der Waals surface area (Å²) >= 11 is 0. The second kappa shape index (κ2) is 6.81. The molecular formula is C17H22N2O4. The van der Waals surface area contributed by atoms with Gasteiger partial charge in [-0.05, 0) is 38.8 Å². The van der Waals surface area contributed by atoms with Crippen LogP contribution in [0.15, 0.2) is 30.3 Å². The predicted octanol–water partition coefficient (Wildman–Crippen LogP) is 1.52. The lowest BCUT2D eigenvalue weighted by Gasteiger charge is -2.39. The Balaban J connectivity index is 2.08. The van der Waals surface area contributed by atoms with Gasteiger partial charge in [-0.25, -0.2) is 0 Å². The van der Waals surface area contributed by atoms with Crippen molar-refractivity contribution in [2.24, 2.45) is 5.41 Å². The van der Waals surface area contributed by atoms with Gasteiger partial charge in [-0.2, -0.15) is 0 Å². The van der Waals surface area contributed by atoms with E-state index in [-0.39, 0.29) is 11.8 Å². The van der Waals surface area contributed by atoms with Crippen molar-refractivity contribution < 1.29 is 19.5 Å². The Morgan fingerprint density at radius 3 is 2.52 bits per heavy atom. The quantitative estimate of drug-likeness (QED) is 0.881. The maximum Gasteiger partial charge on any atom is 0.325 e. The number of hydrogen-bond acceptors (Lipinski definition) is 3. The Labute approximate surface area is 135 Å². The molecule has 0 aromatic heterocycles. The Hall–Kier alpha value is -2.37. The first-order valence-corrected chi connectivity index (χ1v) is 7.71. The van der Waals surface area contributed by atoms with E-state index in [9.17, 15) is 14.4 Å². The van der Waals surface area contributed by atoms with E-state index < -0.39 is 17.4 Å². The highest BCUT2D eigenvalue weighted by Gasteiger charge is 2.40. The van der Waals surface area contributed by atoms with Gasteiger partial charge < -0.3 is 15.3 Å². The van der Waals surface area contributed by atoms with Crippen LogP contribution in [0.2, 0.25) is 0 Å². The molecule has 0 radical (unpaired) electrons. The van der Waals surface area contributed by atoms with Crippen LogP contribution in [0.1, 0.15) is 37.0 Å². The van der Waals surface area contributed by atoms with E-state index in [1.54, 1.807) is 36.1 Å². The molecule has 1 aliphatic heterocycles. The zero-order valence-electron chi connectivity index (χ0n) is 13.4. The highest BCUT2D eigenvalue weighted by atomic mass is 16.4. The van der Waals surface area contributed by atoms with E-state index in [1.807, 2.05) is 6.07 Å². The molecule has 23 heavy (non-hydrogen) atoms. The van der Waals surface area contributed by atoms with E-state index in [4.69, 9.17) is 5.11 Å². The zero-order chi connectivity index (χ0) is 17.0. The van der Waals surface area contributed by atoms with Crippen molar-refractivity contribution >= 4 is 17.8 Å². The summed E-state index contributed by atoms with van der Waals surface area (Å²) in [4.78, 5) is 37.5. The lowest BCUT2D eigenvalue weighted by Crippen LogP contribution is -2.54. The number of nitrogens with one attached hydrogen (secondary N) is 1. The van der Waals surface area contributed by atoms with Crippen LogP contribution in [0, 0.1) is 5.41 Å². The first kappa shape index (κ1) is 17.0. The molecule has 1 aliphatic rings. The van der Waals surface area contributed by atoms with Crippen LogP contribution < -0.4 is 5.32 Å². The average Bonchev–Trinajstić information content (AvgIpc) is 2.54. The SMILES string of the molecule is C[C@H](NC(=O)C1(C)CCCN(C(=O)c2ccccc2)C1)C(=O)O. The largest absolute Gasteiger partial charge is 0.480 e. The summed E-state index contributed by atoms with van der Waals surface area (Å²) in [7, 11) is 0. The maximum absolute atomic E-state index is 12.5. The molecule has 0 bridgehead atoms. The van der Waals surface area contributed by atoms with Crippen molar-refractivity contribution in [2.75, 3.05) is 13.1 Å². The molecule has 6 nitrogen and oxygen atoms in total. The molecule has 1 aromatic carbocycles. The number of likely N-dealkylation sites (tertiary alicyclic amines) is 1. The van der Waals surface area contributed by atoms with Gasteiger partial charge in [0.2, 0.25) is 5.91 Å². The fraction of sp³-hybridized carbons (Fsp3) is 0.471. The summed E-state index contributed by atoms with van der Waals surface area (Å²) in [6.07, 6.45) is 1.34. The first-order chi connectivity index (χ1) is 10.8. The number of nitrogens with zero attached hydrogens (tertiary/aromatic N) is 1. The van der Waals surface area contributed by atoms with Crippen LogP contribution in [-0.2, 0) is 9.59 Å². The van der Waals surface area contributed by atoms with Crippen LogP contribution in [0.5, 0.6) is 0 Å². The van der Waals surface area contributed by atoms with Crippen molar-refractivity contribution in [1.29, 1.82) is 0 Å². The van der Waals surface area contributed by atoms with Gasteiger partial charge in [-0.3, -0.25) is 14.4 Å². The second-order valence-electron chi connectivity index (χ2n) is 6.29. The number of hydrogen-bond donors (Lipinski definition) is 2. The Morgan fingerprint density at radius 1 is 1.26 bits per heavy atom. The summed E-state index contributed by atoms with van der Waals surface area (Å²) in [5, 5.41) is 11.4. The lowest BCUT2D eigenvalue weighted by molar-refractivity contribution is -0.144. The molecule has 6 heteroatoms. The van der Waals surface area contributed by atoms with Crippen LogP contribution in [-0.4, -0.2) is 46.9 Å². The monoisotopic (exact) mass is 318 g/mol. The molecule has 1 saturated heterocycles. The average molecular weight is 318 g/mol. The van der Waals surface area contributed by atoms with Crippen molar-refractivity contribution in [3.8, 4) is 0 Å². The predicted molar refractivity (Wildman–Crippen MR) is 84.9 cm³/mol. The van der Waals surface area contributed by atoms with E-state index in [2.05, 4.69) is 5.32 Å². The Bertz CT molecular complexity index is 602. The summed E-state index contributed by atoms with van der Waals surface area (Å²) in [6.45, 7) is 4.10. The number of carboxylic acids is 1. The van der Waals surface area contributed by atoms with Gasteiger partial charge in [0.15, 0.2) is 0 Å².